The predicted octanol–water partition coefficient (Wildman–Crippen LogP) is 4.40. The van der Waals surface area contributed by atoms with Gasteiger partial charge in [0, 0.05) is 30.5 Å². The monoisotopic (exact) mass is 314 g/mol. The fourth-order valence-electron chi connectivity index (χ4n) is 2.17. The lowest BCUT2D eigenvalue weighted by molar-refractivity contribution is 0.317. The van der Waals surface area contributed by atoms with Crippen molar-refractivity contribution in [2.75, 3.05) is 36.9 Å². The smallest absolute Gasteiger partial charge is 0.121 e. The molecule has 4 heteroatoms. The van der Waals surface area contributed by atoms with Crippen LogP contribution < -0.4 is 20.1 Å². The maximum absolute atomic E-state index is 5.63. The number of ether oxygens (including phenoxy) is 2. The Morgan fingerprint density at radius 1 is 0.783 bits per heavy atom. The topological polar surface area (TPSA) is 42.5 Å². The van der Waals surface area contributed by atoms with Crippen molar-refractivity contribution in [2.45, 2.75) is 20.3 Å². The first kappa shape index (κ1) is 17.0. The first-order valence-electron chi connectivity index (χ1n) is 8.25. The van der Waals surface area contributed by atoms with E-state index in [-0.39, 0.29) is 0 Å². The second kappa shape index (κ2) is 9.62. The SMILES string of the molecule is CCCOc1cccc(NCCNc2ccc(OCC)cc2)c1. The summed E-state index contributed by atoms with van der Waals surface area (Å²) in [5, 5.41) is 6.78. The fourth-order valence-corrected chi connectivity index (χ4v) is 2.17. The molecule has 0 spiro atoms. The molecule has 0 bridgehead atoms. The summed E-state index contributed by atoms with van der Waals surface area (Å²) in [5.41, 5.74) is 2.17. The minimum atomic E-state index is 0.692. The van der Waals surface area contributed by atoms with Gasteiger partial charge in [0.25, 0.3) is 0 Å². The van der Waals surface area contributed by atoms with Gasteiger partial charge in [0.15, 0.2) is 0 Å². The quantitative estimate of drug-likeness (QED) is 0.638. The Labute approximate surface area is 138 Å². The highest BCUT2D eigenvalue weighted by atomic mass is 16.5. The van der Waals surface area contributed by atoms with Crippen molar-refractivity contribution < 1.29 is 9.47 Å². The molecule has 0 aromatic heterocycles. The Bertz CT molecular complexity index is 570. The molecule has 2 N–H and O–H groups in total. The molecule has 0 aliphatic heterocycles. The van der Waals surface area contributed by atoms with Gasteiger partial charge in [-0.25, -0.2) is 0 Å². The number of hydrogen-bond donors (Lipinski definition) is 2. The molecule has 0 saturated carbocycles. The normalized spacial score (nSPS) is 10.2. The average Bonchev–Trinajstić information content (AvgIpc) is 2.59. The van der Waals surface area contributed by atoms with Crippen LogP contribution in [0.1, 0.15) is 20.3 Å². The van der Waals surface area contributed by atoms with Gasteiger partial charge < -0.3 is 20.1 Å². The summed E-state index contributed by atoms with van der Waals surface area (Å²) >= 11 is 0. The van der Waals surface area contributed by atoms with Crippen LogP contribution in [0, 0.1) is 0 Å². The van der Waals surface area contributed by atoms with E-state index in [0.717, 1.165) is 49.0 Å². The Morgan fingerprint density at radius 3 is 2.22 bits per heavy atom. The maximum Gasteiger partial charge on any atom is 0.121 e. The molecule has 4 nitrogen and oxygen atoms in total. The molecule has 0 amide bonds. The summed E-state index contributed by atoms with van der Waals surface area (Å²) in [6.07, 6.45) is 1.02. The molecule has 2 aromatic rings. The number of benzene rings is 2. The first-order valence-corrected chi connectivity index (χ1v) is 8.25. The minimum absolute atomic E-state index is 0.692. The van der Waals surface area contributed by atoms with Gasteiger partial charge in [-0.2, -0.15) is 0 Å². The van der Waals surface area contributed by atoms with Crippen LogP contribution in [0.4, 0.5) is 11.4 Å². The van der Waals surface area contributed by atoms with Crippen LogP contribution in [0.15, 0.2) is 48.5 Å². The van der Waals surface area contributed by atoms with Gasteiger partial charge >= 0.3 is 0 Å². The van der Waals surface area contributed by atoms with Crippen molar-refractivity contribution in [3.63, 3.8) is 0 Å². The van der Waals surface area contributed by atoms with E-state index in [1.165, 1.54) is 0 Å². The van der Waals surface area contributed by atoms with Crippen LogP contribution in [-0.4, -0.2) is 26.3 Å². The van der Waals surface area contributed by atoms with Gasteiger partial charge in [-0.15, -0.1) is 0 Å². The molecule has 0 saturated heterocycles. The highest BCUT2D eigenvalue weighted by Crippen LogP contribution is 2.18. The average molecular weight is 314 g/mol. The summed E-state index contributed by atoms with van der Waals surface area (Å²) in [5.74, 6) is 1.82. The molecule has 2 aromatic carbocycles. The minimum Gasteiger partial charge on any atom is -0.494 e. The molecular weight excluding hydrogens is 288 g/mol. The zero-order valence-corrected chi connectivity index (χ0v) is 14.0. The third-order valence-corrected chi connectivity index (χ3v) is 3.26. The number of hydrogen-bond acceptors (Lipinski definition) is 4. The molecule has 0 heterocycles. The van der Waals surface area contributed by atoms with E-state index in [2.05, 4.69) is 23.6 Å². The van der Waals surface area contributed by atoms with E-state index in [1.54, 1.807) is 0 Å². The predicted molar refractivity (Wildman–Crippen MR) is 96.8 cm³/mol. The standard InChI is InChI=1S/C19H26N2O2/c1-3-14-23-19-7-5-6-17(15-19)21-13-12-20-16-8-10-18(11-9-16)22-4-2/h5-11,15,20-21H,3-4,12-14H2,1-2H3. The second-order valence-electron chi connectivity index (χ2n) is 5.19. The Morgan fingerprint density at radius 2 is 1.52 bits per heavy atom. The highest BCUT2D eigenvalue weighted by molar-refractivity contribution is 5.49. The van der Waals surface area contributed by atoms with Gasteiger partial charge in [-0.3, -0.25) is 0 Å². The largest absolute Gasteiger partial charge is 0.494 e. The summed E-state index contributed by atoms with van der Waals surface area (Å²) in [6, 6.07) is 16.1. The summed E-state index contributed by atoms with van der Waals surface area (Å²) in [6.45, 7) is 7.22. The lowest BCUT2D eigenvalue weighted by Crippen LogP contribution is -2.13. The van der Waals surface area contributed by atoms with Crippen LogP contribution in [0.5, 0.6) is 11.5 Å². The molecule has 23 heavy (non-hydrogen) atoms. The van der Waals surface area contributed by atoms with Gasteiger partial charge in [-0.05, 0) is 49.7 Å². The molecule has 124 valence electrons. The van der Waals surface area contributed by atoms with Gasteiger partial charge in [0.05, 0.1) is 13.2 Å². The van der Waals surface area contributed by atoms with E-state index in [0.29, 0.717) is 6.61 Å². The fraction of sp³-hybridized carbons (Fsp3) is 0.368. The van der Waals surface area contributed by atoms with Crippen LogP contribution in [0.3, 0.4) is 0 Å². The molecule has 0 aliphatic carbocycles. The van der Waals surface area contributed by atoms with Crippen molar-refractivity contribution in [1.29, 1.82) is 0 Å². The first-order chi connectivity index (χ1) is 11.3. The lowest BCUT2D eigenvalue weighted by atomic mass is 10.3. The highest BCUT2D eigenvalue weighted by Gasteiger charge is 1.97. The Hall–Kier alpha value is -2.36. The molecule has 0 aliphatic rings. The zero-order valence-electron chi connectivity index (χ0n) is 14.0. The van der Waals surface area contributed by atoms with Crippen molar-refractivity contribution >= 4 is 11.4 Å². The van der Waals surface area contributed by atoms with Gasteiger partial charge in [0.1, 0.15) is 11.5 Å². The van der Waals surface area contributed by atoms with Crippen molar-refractivity contribution in [2.24, 2.45) is 0 Å². The van der Waals surface area contributed by atoms with Gasteiger partial charge in [-0.1, -0.05) is 13.0 Å². The Kier molecular flexibility index (Phi) is 7.11. The van der Waals surface area contributed by atoms with E-state index in [1.807, 2.05) is 49.4 Å². The number of nitrogens with one attached hydrogen (secondary N) is 2. The van der Waals surface area contributed by atoms with Crippen LogP contribution >= 0.6 is 0 Å². The second-order valence-corrected chi connectivity index (χ2v) is 5.19. The molecular formula is C19H26N2O2. The van der Waals surface area contributed by atoms with E-state index < -0.39 is 0 Å². The summed E-state index contributed by atoms with van der Waals surface area (Å²) < 4.78 is 11.1. The molecule has 0 atom stereocenters. The number of anilines is 2. The van der Waals surface area contributed by atoms with E-state index in [9.17, 15) is 0 Å². The Balaban J connectivity index is 1.72. The van der Waals surface area contributed by atoms with Crippen LogP contribution in [0.25, 0.3) is 0 Å². The van der Waals surface area contributed by atoms with Gasteiger partial charge in [0.2, 0.25) is 0 Å². The van der Waals surface area contributed by atoms with Crippen molar-refractivity contribution in [3.05, 3.63) is 48.5 Å². The lowest BCUT2D eigenvalue weighted by Gasteiger charge is -2.11. The molecule has 0 fully saturated rings. The van der Waals surface area contributed by atoms with Crippen LogP contribution in [-0.2, 0) is 0 Å². The van der Waals surface area contributed by atoms with Crippen molar-refractivity contribution in [3.8, 4) is 11.5 Å². The van der Waals surface area contributed by atoms with Crippen molar-refractivity contribution in [1.82, 2.24) is 0 Å². The number of rotatable bonds is 10. The third kappa shape index (κ3) is 6.10. The summed E-state index contributed by atoms with van der Waals surface area (Å²) in [7, 11) is 0. The molecule has 0 unspecified atom stereocenters. The van der Waals surface area contributed by atoms with Crippen LogP contribution in [0.2, 0.25) is 0 Å². The van der Waals surface area contributed by atoms with E-state index in [4.69, 9.17) is 9.47 Å². The summed E-state index contributed by atoms with van der Waals surface area (Å²) in [4.78, 5) is 0. The molecule has 2 rings (SSSR count). The maximum atomic E-state index is 5.63. The zero-order chi connectivity index (χ0) is 16.3. The third-order valence-electron chi connectivity index (χ3n) is 3.26. The molecule has 0 radical (unpaired) electrons. The van der Waals surface area contributed by atoms with E-state index >= 15 is 0 Å².